The zero-order valence-electron chi connectivity index (χ0n) is 12.2. The number of amides is 1. The van der Waals surface area contributed by atoms with E-state index in [1.807, 2.05) is 30.4 Å². The number of methoxy groups -OCH3 is 1. The third-order valence-corrected chi connectivity index (χ3v) is 3.12. The van der Waals surface area contributed by atoms with Gasteiger partial charge in [0.2, 0.25) is 0 Å². The number of hydrogen-bond acceptors (Lipinski definition) is 5. The van der Waals surface area contributed by atoms with Crippen molar-refractivity contribution in [1.82, 2.24) is 15.3 Å². The van der Waals surface area contributed by atoms with E-state index in [0.717, 1.165) is 12.0 Å². The van der Waals surface area contributed by atoms with Crippen molar-refractivity contribution in [1.29, 1.82) is 0 Å². The van der Waals surface area contributed by atoms with Crippen LogP contribution in [0.5, 0.6) is 0 Å². The lowest BCUT2D eigenvalue weighted by atomic mass is 10.0. The van der Waals surface area contributed by atoms with Gasteiger partial charge in [-0.2, -0.15) is 0 Å². The quantitative estimate of drug-likeness (QED) is 0.835. The molecule has 6 heteroatoms. The summed E-state index contributed by atoms with van der Waals surface area (Å²) in [5.41, 5.74) is 1.19. The van der Waals surface area contributed by atoms with Gasteiger partial charge in [-0.1, -0.05) is 36.0 Å². The van der Waals surface area contributed by atoms with Crippen molar-refractivity contribution in [3.8, 4) is 0 Å². The van der Waals surface area contributed by atoms with Crippen LogP contribution in [0.15, 0.2) is 54.5 Å². The average Bonchev–Trinajstić information content (AvgIpc) is 2.83. The molecule has 1 atom stereocenters. The molecule has 1 aliphatic rings. The van der Waals surface area contributed by atoms with Crippen LogP contribution in [0.4, 0.5) is 0 Å². The Morgan fingerprint density at radius 3 is 2.91 bits per heavy atom. The Bertz CT molecular complexity index is 621. The lowest BCUT2D eigenvalue weighted by molar-refractivity contribution is -0.142. The Morgan fingerprint density at radius 1 is 1.32 bits per heavy atom. The summed E-state index contributed by atoms with van der Waals surface area (Å²) in [7, 11) is 1.30. The molecule has 0 aliphatic heterocycles. The second-order valence-electron chi connectivity index (χ2n) is 4.69. The lowest BCUT2D eigenvalue weighted by Gasteiger charge is -2.17. The van der Waals surface area contributed by atoms with Gasteiger partial charge < -0.3 is 10.1 Å². The van der Waals surface area contributed by atoms with E-state index in [0.29, 0.717) is 6.42 Å². The normalized spacial score (nSPS) is 14.7. The first kappa shape index (κ1) is 15.6. The van der Waals surface area contributed by atoms with Gasteiger partial charge in [0.1, 0.15) is 11.7 Å². The summed E-state index contributed by atoms with van der Waals surface area (Å²) in [6.07, 6.45) is 15.0. The summed E-state index contributed by atoms with van der Waals surface area (Å²) >= 11 is 0. The van der Waals surface area contributed by atoms with Crippen LogP contribution in [-0.2, 0) is 9.53 Å². The van der Waals surface area contributed by atoms with Crippen molar-refractivity contribution in [2.75, 3.05) is 7.11 Å². The molecule has 0 spiro atoms. The number of carbonyl (C=O) groups is 2. The Kier molecular flexibility index (Phi) is 5.59. The van der Waals surface area contributed by atoms with E-state index in [9.17, 15) is 9.59 Å². The summed E-state index contributed by atoms with van der Waals surface area (Å²) in [4.78, 5) is 31.8. The standard InChI is InChI=1S/C16H17N3O3/c1-22-16(21)13(10-12-6-4-2-3-5-7-12)19-15(20)14-11-17-8-9-18-14/h2-6,8-9,11,13H,7,10H2,1H3,(H,19,20)/t13-/m0/s1. The van der Waals surface area contributed by atoms with Crippen molar-refractivity contribution in [2.24, 2.45) is 0 Å². The molecule has 1 aromatic heterocycles. The summed E-state index contributed by atoms with van der Waals surface area (Å²) in [6, 6.07) is -0.759. The van der Waals surface area contributed by atoms with E-state index in [-0.39, 0.29) is 5.69 Å². The largest absolute Gasteiger partial charge is 0.467 e. The number of hydrogen-bond donors (Lipinski definition) is 1. The van der Waals surface area contributed by atoms with Gasteiger partial charge in [-0.25, -0.2) is 9.78 Å². The van der Waals surface area contributed by atoms with E-state index in [1.54, 1.807) is 0 Å². The van der Waals surface area contributed by atoms with Crippen molar-refractivity contribution in [3.63, 3.8) is 0 Å². The molecule has 6 nitrogen and oxygen atoms in total. The van der Waals surface area contributed by atoms with E-state index in [2.05, 4.69) is 15.3 Å². The van der Waals surface area contributed by atoms with E-state index in [4.69, 9.17) is 4.74 Å². The Morgan fingerprint density at radius 2 is 2.18 bits per heavy atom. The number of carbonyl (C=O) groups excluding carboxylic acids is 2. The number of ether oxygens (including phenoxy) is 1. The first-order valence-electron chi connectivity index (χ1n) is 6.86. The highest BCUT2D eigenvalue weighted by molar-refractivity contribution is 5.95. The second kappa shape index (κ2) is 7.87. The Labute approximate surface area is 128 Å². The molecule has 1 aliphatic carbocycles. The van der Waals surface area contributed by atoms with Gasteiger partial charge in [0.05, 0.1) is 13.3 Å². The number of esters is 1. The molecule has 1 N–H and O–H groups in total. The third-order valence-electron chi connectivity index (χ3n) is 3.12. The molecule has 22 heavy (non-hydrogen) atoms. The highest BCUT2D eigenvalue weighted by atomic mass is 16.5. The van der Waals surface area contributed by atoms with Gasteiger partial charge in [0, 0.05) is 12.4 Å². The molecule has 0 aromatic carbocycles. The summed E-state index contributed by atoms with van der Waals surface area (Å²) < 4.78 is 4.77. The molecule has 0 fully saturated rings. The second-order valence-corrected chi connectivity index (χ2v) is 4.69. The fourth-order valence-electron chi connectivity index (χ4n) is 2.02. The molecule has 1 amide bonds. The summed E-state index contributed by atoms with van der Waals surface area (Å²) in [6.45, 7) is 0. The number of rotatable bonds is 5. The molecular formula is C16H17N3O3. The molecule has 0 saturated carbocycles. The van der Waals surface area contributed by atoms with Gasteiger partial charge in [0.15, 0.2) is 0 Å². The van der Waals surface area contributed by atoms with Gasteiger partial charge in [0.25, 0.3) is 5.91 Å². The van der Waals surface area contributed by atoms with Crippen molar-refractivity contribution < 1.29 is 14.3 Å². The van der Waals surface area contributed by atoms with Crippen LogP contribution in [-0.4, -0.2) is 35.0 Å². The molecular weight excluding hydrogens is 282 g/mol. The molecule has 0 unspecified atom stereocenters. The number of nitrogens with zero attached hydrogens (tertiary/aromatic N) is 2. The maximum absolute atomic E-state index is 12.1. The predicted molar refractivity (Wildman–Crippen MR) is 80.9 cm³/mol. The topological polar surface area (TPSA) is 81.2 Å². The zero-order valence-corrected chi connectivity index (χ0v) is 12.2. The number of nitrogens with one attached hydrogen (secondary N) is 1. The fourth-order valence-corrected chi connectivity index (χ4v) is 2.02. The average molecular weight is 299 g/mol. The van der Waals surface area contributed by atoms with Crippen LogP contribution in [0.2, 0.25) is 0 Å². The highest BCUT2D eigenvalue weighted by Crippen LogP contribution is 2.15. The fraction of sp³-hybridized carbons (Fsp3) is 0.250. The van der Waals surface area contributed by atoms with Crippen molar-refractivity contribution in [3.05, 3.63) is 60.2 Å². The molecule has 1 heterocycles. The molecule has 114 valence electrons. The number of aromatic nitrogens is 2. The van der Waals surface area contributed by atoms with E-state index in [1.165, 1.54) is 25.7 Å². The molecule has 2 rings (SSSR count). The van der Waals surface area contributed by atoms with Gasteiger partial charge in [-0.05, 0) is 12.8 Å². The zero-order chi connectivity index (χ0) is 15.8. The SMILES string of the molecule is COC(=O)[C@H](CC1=CC=CC=CC1)NC(=O)c1cnccn1. The summed E-state index contributed by atoms with van der Waals surface area (Å²) in [5, 5.41) is 2.65. The van der Waals surface area contributed by atoms with Crippen molar-refractivity contribution >= 4 is 11.9 Å². The monoisotopic (exact) mass is 299 g/mol. The van der Waals surface area contributed by atoms with Crippen LogP contribution in [0.25, 0.3) is 0 Å². The Balaban J connectivity index is 2.08. The maximum Gasteiger partial charge on any atom is 0.328 e. The minimum atomic E-state index is -0.759. The van der Waals surface area contributed by atoms with Crippen LogP contribution >= 0.6 is 0 Å². The minimum absolute atomic E-state index is 0.158. The highest BCUT2D eigenvalue weighted by Gasteiger charge is 2.23. The van der Waals surface area contributed by atoms with Crippen molar-refractivity contribution in [2.45, 2.75) is 18.9 Å². The smallest absolute Gasteiger partial charge is 0.328 e. The maximum atomic E-state index is 12.1. The van der Waals surface area contributed by atoms with Crippen LogP contribution in [0.3, 0.4) is 0 Å². The van der Waals surface area contributed by atoms with Gasteiger partial charge >= 0.3 is 5.97 Å². The van der Waals surface area contributed by atoms with Crippen LogP contribution < -0.4 is 5.32 Å². The predicted octanol–water partition coefficient (Wildman–Crippen LogP) is 1.58. The Hall–Kier alpha value is -2.76. The van der Waals surface area contributed by atoms with E-state index < -0.39 is 17.9 Å². The van der Waals surface area contributed by atoms with Crippen LogP contribution in [0, 0.1) is 0 Å². The molecule has 1 aromatic rings. The molecule has 0 radical (unpaired) electrons. The van der Waals surface area contributed by atoms with Gasteiger partial charge in [-0.3, -0.25) is 9.78 Å². The minimum Gasteiger partial charge on any atom is -0.467 e. The van der Waals surface area contributed by atoms with E-state index >= 15 is 0 Å². The molecule has 0 saturated heterocycles. The van der Waals surface area contributed by atoms with Gasteiger partial charge in [-0.15, -0.1) is 0 Å². The number of allylic oxidation sites excluding steroid dienone is 5. The van der Waals surface area contributed by atoms with Crippen LogP contribution in [0.1, 0.15) is 23.3 Å². The first-order valence-corrected chi connectivity index (χ1v) is 6.86. The first-order chi connectivity index (χ1) is 10.7. The molecule has 0 bridgehead atoms. The third kappa shape index (κ3) is 4.37. The lowest BCUT2D eigenvalue weighted by Crippen LogP contribution is -2.42. The summed E-state index contributed by atoms with van der Waals surface area (Å²) in [5.74, 6) is -0.945.